The van der Waals surface area contributed by atoms with Crippen LogP contribution in [-0.2, 0) is 0 Å². The molecule has 0 aliphatic carbocycles. The minimum atomic E-state index is 0.147. The first kappa shape index (κ1) is 10.1. The van der Waals surface area contributed by atoms with Crippen LogP contribution in [-0.4, -0.2) is 42.9 Å². The second-order valence-corrected chi connectivity index (χ2v) is 3.81. The molecule has 1 aromatic heterocycles. The lowest BCUT2D eigenvalue weighted by atomic mass is 10.1. The van der Waals surface area contributed by atoms with Crippen molar-refractivity contribution in [1.29, 1.82) is 0 Å². The molecular formula is C11H16N4. The van der Waals surface area contributed by atoms with Crippen LogP contribution >= 0.6 is 0 Å². The van der Waals surface area contributed by atoms with Crippen molar-refractivity contribution in [3.05, 3.63) is 30.1 Å². The van der Waals surface area contributed by atoms with Crippen molar-refractivity contribution in [3.63, 3.8) is 0 Å². The maximum atomic E-state index is 4.46. The Balaban J connectivity index is 2.28. The number of aliphatic imine (C=N–C) groups is 1. The van der Waals surface area contributed by atoms with Gasteiger partial charge in [0.25, 0.3) is 0 Å². The Morgan fingerprint density at radius 3 is 2.80 bits per heavy atom. The molecule has 2 heterocycles. The number of rotatable bonds is 3. The van der Waals surface area contributed by atoms with Gasteiger partial charge < -0.3 is 5.32 Å². The molecule has 1 aliphatic rings. The number of nitrogens with one attached hydrogen (secondary N) is 1. The van der Waals surface area contributed by atoms with E-state index in [0.29, 0.717) is 0 Å². The van der Waals surface area contributed by atoms with Gasteiger partial charge >= 0.3 is 0 Å². The van der Waals surface area contributed by atoms with Crippen LogP contribution in [0.15, 0.2) is 29.4 Å². The maximum Gasteiger partial charge on any atom is 0.120 e. The standard InChI is InChI=1S/C11H16N4/c1-15(2)10(11-13-7-8-14-11)9-5-3-4-6-12-9/h3-6,10H,7-8H2,1-2H3,(H,13,14). The van der Waals surface area contributed by atoms with Crippen LogP contribution in [0.3, 0.4) is 0 Å². The molecule has 4 nitrogen and oxygen atoms in total. The molecule has 1 unspecified atom stereocenters. The summed E-state index contributed by atoms with van der Waals surface area (Å²) in [6.07, 6.45) is 1.82. The van der Waals surface area contributed by atoms with Crippen molar-refractivity contribution >= 4 is 5.84 Å². The number of likely N-dealkylation sites (N-methyl/N-ethyl adjacent to an activating group) is 1. The van der Waals surface area contributed by atoms with Crippen LogP contribution < -0.4 is 5.32 Å². The van der Waals surface area contributed by atoms with E-state index in [4.69, 9.17) is 0 Å². The second kappa shape index (κ2) is 4.40. The van der Waals surface area contributed by atoms with Gasteiger partial charge in [0.2, 0.25) is 0 Å². The fraction of sp³-hybridized carbons (Fsp3) is 0.455. The largest absolute Gasteiger partial charge is 0.370 e. The van der Waals surface area contributed by atoms with E-state index in [2.05, 4.69) is 20.2 Å². The molecule has 2 rings (SSSR count). The number of hydrogen-bond donors (Lipinski definition) is 1. The summed E-state index contributed by atoms with van der Waals surface area (Å²) in [5.74, 6) is 1.03. The van der Waals surface area contributed by atoms with Crippen LogP contribution in [0.2, 0.25) is 0 Å². The molecule has 0 bridgehead atoms. The summed E-state index contributed by atoms with van der Waals surface area (Å²) in [5, 5.41) is 3.30. The third kappa shape index (κ3) is 2.15. The van der Waals surface area contributed by atoms with Gasteiger partial charge in [0, 0.05) is 12.7 Å². The van der Waals surface area contributed by atoms with Gasteiger partial charge in [-0.1, -0.05) is 6.07 Å². The lowest BCUT2D eigenvalue weighted by molar-refractivity contribution is 0.360. The van der Waals surface area contributed by atoms with Gasteiger partial charge in [-0.05, 0) is 26.2 Å². The molecule has 15 heavy (non-hydrogen) atoms. The third-order valence-electron chi connectivity index (χ3n) is 2.44. The van der Waals surface area contributed by atoms with Gasteiger partial charge in [-0.2, -0.15) is 0 Å². The summed E-state index contributed by atoms with van der Waals surface area (Å²) in [5.41, 5.74) is 1.04. The van der Waals surface area contributed by atoms with Gasteiger partial charge in [0.1, 0.15) is 11.9 Å². The van der Waals surface area contributed by atoms with Crippen molar-refractivity contribution in [2.24, 2.45) is 4.99 Å². The fourth-order valence-corrected chi connectivity index (χ4v) is 1.79. The van der Waals surface area contributed by atoms with Gasteiger partial charge in [0.05, 0.1) is 12.2 Å². The molecule has 4 heteroatoms. The molecule has 0 radical (unpaired) electrons. The Morgan fingerprint density at radius 1 is 1.40 bits per heavy atom. The average Bonchev–Trinajstić information content (AvgIpc) is 2.72. The Kier molecular flexibility index (Phi) is 2.97. The molecule has 1 atom stereocenters. The highest BCUT2D eigenvalue weighted by Crippen LogP contribution is 2.17. The van der Waals surface area contributed by atoms with E-state index in [1.54, 1.807) is 0 Å². The van der Waals surface area contributed by atoms with E-state index in [-0.39, 0.29) is 6.04 Å². The summed E-state index contributed by atoms with van der Waals surface area (Å²) < 4.78 is 0. The first-order valence-corrected chi connectivity index (χ1v) is 5.14. The zero-order valence-corrected chi connectivity index (χ0v) is 9.14. The molecule has 0 saturated heterocycles. The van der Waals surface area contributed by atoms with E-state index in [0.717, 1.165) is 24.6 Å². The topological polar surface area (TPSA) is 40.5 Å². The maximum absolute atomic E-state index is 4.46. The van der Waals surface area contributed by atoms with Crippen LogP contribution in [0.1, 0.15) is 11.7 Å². The van der Waals surface area contributed by atoms with Crippen LogP contribution in [0.4, 0.5) is 0 Å². The normalized spacial score (nSPS) is 17.4. The van der Waals surface area contributed by atoms with Crippen LogP contribution in [0.25, 0.3) is 0 Å². The molecule has 0 spiro atoms. The predicted molar refractivity (Wildman–Crippen MR) is 61.0 cm³/mol. The van der Waals surface area contributed by atoms with Crippen molar-refractivity contribution in [2.75, 3.05) is 27.2 Å². The number of pyridine rings is 1. The lowest BCUT2D eigenvalue weighted by Crippen LogP contribution is -2.35. The zero-order chi connectivity index (χ0) is 10.7. The number of aromatic nitrogens is 1. The molecule has 1 aliphatic heterocycles. The molecular weight excluding hydrogens is 188 g/mol. The number of amidine groups is 1. The quantitative estimate of drug-likeness (QED) is 0.787. The SMILES string of the molecule is CN(C)C(C1=NCCN1)c1ccccn1. The minimum Gasteiger partial charge on any atom is -0.370 e. The highest BCUT2D eigenvalue weighted by atomic mass is 15.2. The fourth-order valence-electron chi connectivity index (χ4n) is 1.79. The monoisotopic (exact) mass is 204 g/mol. The first-order valence-electron chi connectivity index (χ1n) is 5.14. The molecule has 0 amide bonds. The smallest absolute Gasteiger partial charge is 0.120 e. The Hall–Kier alpha value is -1.42. The summed E-state index contributed by atoms with van der Waals surface area (Å²) in [6, 6.07) is 6.12. The second-order valence-electron chi connectivity index (χ2n) is 3.81. The molecule has 0 saturated carbocycles. The summed E-state index contributed by atoms with van der Waals surface area (Å²) in [7, 11) is 4.09. The predicted octanol–water partition coefficient (Wildman–Crippen LogP) is 0.686. The number of nitrogens with zero attached hydrogens (tertiary/aromatic N) is 3. The number of hydrogen-bond acceptors (Lipinski definition) is 4. The summed E-state index contributed by atoms with van der Waals surface area (Å²) in [4.78, 5) is 11.0. The van der Waals surface area contributed by atoms with E-state index in [1.165, 1.54) is 0 Å². The molecule has 0 aromatic carbocycles. The highest BCUT2D eigenvalue weighted by molar-refractivity contribution is 5.89. The molecule has 1 aromatic rings. The highest BCUT2D eigenvalue weighted by Gasteiger charge is 2.23. The summed E-state index contributed by atoms with van der Waals surface area (Å²) >= 11 is 0. The van der Waals surface area contributed by atoms with Gasteiger partial charge in [-0.3, -0.25) is 14.9 Å². The van der Waals surface area contributed by atoms with E-state index in [1.807, 2.05) is 38.5 Å². The van der Waals surface area contributed by atoms with Crippen LogP contribution in [0, 0.1) is 0 Å². The Morgan fingerprint density at radius 2 is 2.27 bits per heavy atom. The van der Waals surface area contributed by atoms with E-state index in [9.17, 15) is 0 Å². The molecule has 80 valence electrons. The lowest BCUT2D eigenvalue weighted by Gasteiger charge is -2.23. The van der Waals surface area contributed by atoms with Gasteiger partial charge in [-0.15, -0.1) is 0 Å². The van der Waals surface area contributed by atoms with Crippen molar-refractivity contribution in [2.45, 2.75) is 6.04 Å². The van der Waals surface area contributed by atoms with E-state index >= 15 is 0 Å². The van der Waals surface area contributed by atoms with Gasteiger partial charge in [0.15, 0.2) is 0 Å². The van der Waals surface area contributed by atoms with Crippen molar-refractivity contribution < 1.29 is 0 Å². The molecule has 0 fully saturated rings. The van der Waals surface area contributed by atoms with Gasteiger partial charge in [-0.25, -0.2) is 0 Å². The minimum absolute atomic E-state index is 0.147. The average molecular weight is 204 g/mol. The van der Waals surface area contributed by atoms with E-state index < -0.39 is 0 Å². The Bertz CT molecular complexity index is 345. The molecule has 1 N–H and O–H groups in total. The third-order valence-corrected chi connectivity index (χ3v) is 2.44. The zero-order valence-electron chi connectivity index (χ0n) is 9.14. The van der Waals surface area contributed by atoms with Crippen molar-refractivity contribution in [3.8, 4) is 0 Å². The van der Waals surface area contributed by atoms with Crippen LogP contribution in [0.5, 0.6) is 0 Å². The van der Waals surface area contributed by atoms with Crippen molar-refractivity contribution in [1.82, 2.24) is 15.2 Å². The Labute approximate surface area is 90.0 Å². The summed E-state index contributed by atoms with van der Waals surface area (Å²) in [6.45, 7) is 1.80. The first-order chi connectivity index (χ1) is 7.29.